The van der Waals surface area contributed by atoms with Gasteiger partial charge in [-0.1, -0.05) is 24.3 Å². The van der Waals surface area contributed by atoms with Gasteiger partial charge < -0.3 is 10.4 Å². The van der Waals surface area contributed by atoms with Crippen molar-refractivity contribution in [2.75, 3.05) is 12.4 Å². The van der Waals surface area contributed by atoms with Crippen LogP contribution in [0.15, 0.2) is 36.4 Å². The maximum absolute atomic E-state index is 11.8. The molecule has 5 heteroatoms. The second-order valence-electron chi connectivity index (χ2n) is 5.04. The molecule has 0 radical (unpaired) electrons. The summed E-state index contributed by atoms with van der Waals surface area (Å²) in [4.78, 5) is 11.8. The summed E-state index contributed by atoms with van der Waals surface area (Å²) < 4.78 is 0. The molecule has 0 saturated heterocycles. The Labute approximate surface area is 128 Å². The minimum absolute atomic E-state index is 0.0156. The number of carbonyl (C=O) groups excluding carboxylic acids is 1. The van der Waals surface area contributed by atoms with Crippen molar-refractivity contribution in [1.82, 2.24) is 5.32 Å². The maximum Gasteiger partial charge on any atom is 0.230 e. The summed E-state index contributed by atoms with van der Waals surface area (Å²) in [5.74, 6) is 1.34. The van der Waals surface area contributed by atoms with Gasteiger partial charge in [-0.2, -0.15) is 5.26 Å². The van der Waals surface area contributed by atoms with Crippen LogP contribution in [-0.4, -0.2) is 29.4 Å². The molecule has 0 aromatic heterocycles. The number of hydrogen-bond donors (Lipinski definition) is 2. The first-order chi connectivity index (χ1) is 10.2. The van der Waals surface area contributed by atoms with E-state index in [1.165, 1.54) is 0 Å². The second kappa shape index (κ2) is 7.87. The smallest absolute Gasteiger partial charge is 0.230 e. The molecule has 1 aromatic rings. The predicted octanol–water partition coefficient (Wildman–Crippen LogP) is 1.84. The standard InChI is InChI=1S/C16H18N2O2S/c17-8-12-1-3-13(4-2-12)10-21-11-16(20)18-15-6-5-14(7-15)9-19/h1-6,14-15,19H,7,9-11H2,(H,18,20)/t14-,15+/m0/s1. The van der Waals surface area contributed by atoms with Crippen LogP contribution in [0.25, 0.3) is 0 Å². The molecule has 1 amide bonds. The normalized spacial score (nSPS) is 20.2. The highest BCUT2D eigenvalue weighted by atomic mass is 32.2. The van der Waals surface area contributed by atoms with Gasteiger partial charge in [-0.05, 0) is 24.1 Å². The second-order valence-corrected chi connectivity index (χ2v) is 6.02. The van der Waals surface area contributed by atoms with E-state index in [-0.39, 0.29) is 24.5 Å². The quantitative estimate of drug-likeness (QED) is 0.787. The van der Waals surface area contributed by atoms with Crippen molar-refractivity contribution in [2.24, 2.45) is 5.92 Å². The zero-order valence-corrected chi connectivity index (χ0v) is 12.5. The number of benzene rings is 1. The number of rotatable bonds is 6. The number of thioether (sulfide) groups is 1. The van der Waals surface area contributed by atoms with Crippen molar-refractivity contribution in [2.45, 2.75) is 18.2 Å². The van der Waals surface area contributed by atoms with Crippen molar-refractivity contribution >= 4 is 17.7 Å². The van der Waals surface area contributed by atoms with Crippen LogP contribution in [0.3, 0.4) is 0 Å². The molecule has 2 atom stereocenters. The maximum atomic E-state index is 11.8. The van der Waals surface area contributed by atoms with Gasteiger partial charge in [0, 0.05) is 24.3 Å². The van der Waals surface area contributed by atoms with Crippen molar-refractivity contribution in [3.05, 3.63) is 47.5 Å². The first kappa shape index (κ1) is 15.6. The Kier molecular flexibility index (Phi) is 5.85. The summed E-state index contributed by atoms with van der Waals surface area (Å²) in [6.07, 6.45) is 4.68. The van der Waals surface area contributed by atoms with Gasteiger partial charge in [0.1, 0.15) is 0 Å². The Morgan fingerprint density at radius 1 is 1.38 bits per heavy atom. The topological polar surface area (TPSA) is 73.1 Å². The van der Waals surface area contributed by atoms with Crippen molar-refractivity contribution in [3.63, 3.8) is 0 Å². The lowest BCUT2D eigenvalue weighted by atomic mass is 10.1. The third-order valence-corrected chi connectivity index (χ3v) is 4.34. The Hall–Kier alpha value is -1.77. The lowest BCUT2D eigenvalue weighted by Crippen LogP contribution is -2.34. The molecule has 4 nitrogen and oxygen atoms in total. The molecule has 1 aliphatic carbocycles. The molecule has 21 heavy (non-hydrogen) atoms. The van der Waals surface area contributed by atoms with Crippen molar-refractivity contribution in [1.29, 1.82) is 5.26 Å². The lowest BCUT2D eigenvalue weighted by molar-refractivity contribution is -0.119. The number of nitrogens with one attached hydrogen (secondary N) is 1. The number of aliphatic hydroxyl groups is 1. The van der Waals surface area contributed by atoms with E-state index in [0.717, 1.165) is 17.7 Å². The Morgan fingerprint density at radius 3 is 2.76 bits per heavy atom. The van der Waals surface area contributed by atoms with E-state index in [2.05, 4.69) is 11.4 Å². The molecule has 1 aliphatic rings. The van der Waals surface area contributed by atoms with Gasteiger partial charge >= 0.3 is 0 Å². The molecular formula is C16H18N2O2S. The van der Waals surface area contributed by atoms with Crippen LogP contribution in [0.2, 0.25) is 0 Å². The van der Waals surface area contributed by atoms with Gasteiger partial charge in [0.15, 0.2) is 0 Å². The fraction of sp³-hybridized carbons (Fsp3) is 0.375. The molecule has 2 N–H and O–H groups in total. The largest absolute Gasteiger partial charge is 0.396 e. The summed E-state index contributed by atoms with van der Waals surface area (Å²) in [5.41, 5.74) is 1.75. The van der Waals surface area contributed by atoms with Crippen molar-refractivity contribution in [3.8, 4) is 6.07 Å². The number of amides is 1. The SMILES string of the molecule is N#Cc1ccc(CSCC(=O)N[C@@H]2C=C[C@H](CO)C2)cc1. The lowest BCUT2D eigenvalue weighted by Gasteiger charge is -2.12. The molecule has 0 spiro atoms. The molecule has 0 unspecified atom stereocenters. The van der Waals surface area contributed by atoms with Crippen LogP contribution in [0.5, 0.6) is 0 Å². The molecule has 0 fully saturated rings. The van der Waals surface area contributed by atoms with Gasteiger partial charge in [0.05, 0.1) is 17.4 Å². The summed E-state index contributed by atoms with van der Waals surface area (Å²) in [5, 5.41) is 20.7. The van der Waals surface area contributed by atoms with E-state index >= 15 is 0 Å². The molecule has 0 saturated carbocycles. The first-order valence-corrected chi connectivity index (χ1v) is 8.02. The molecule has 2 rings (SSSR count). The number of hydrogen-bond acceptors (Lipinski definition) is 4. The van der Waals surface area contributed by atoms with Crippen LogP contribution < -0.4 is 5.32 Å². The summed E-state index contributed by atoms with van der Waals surface area (Å²) in [6, 6.07) is 9.52. The highest BCUT2D eigenvalue weighted by Crippen LogP contribution is 2.17. The van der Waals surface area contributed by atoms with E-state index in [0.29, 0.717) is 11.3 Å². The monoisotopic (exact) mass is 302 g/mol. The molecule has 0 aliphatic heterocycles. The third-order valence-electron chi connectivity index (χ3n) is 3.34. The summed E-state index contributed by atoms with van der Waals surface area (Å²) in [7, 11) is 0. The van der Waals surface area contributed by atoms with Gasteiger partial charge in [-0.15, -0.1) is 11.8 Å². The van der Waals surface area contributed by atoms with Crippen LogP contribution in [0.4, 0.5) is 0 Å². The predicted molar refractivity (Wildman–Crippen MR) is 83.6 cm³/mol. The molecule has 110 valence electrons. The Morgan fingerprint density at radius 2 is 2.14 bits per heavy atom. The van der Waals surface area contributed by atoms with E-state index in [4.69, 9.17) is 10.4 Å². The van der Waals surface area contributed by atoms with Gasteiger partial charge in [0.25, 0.3) is 0 Å². The molecule has 0 heterocycles. The summed E-state index contributed by atoms with van der Waals surface area (Å²) >= 11 is 1.55. The van der Waals surface area contributed by atoms with Gasteiger partial charge in [-0.3, -0.25) is 4.79 Å². The zero-order chi connectivity index (χ0) is 15.1. The Balaban J connectivity index is 1.67. The minimum Gasteiger partial charge on any atom is -0.396 e. The van der Waals surface area contributed by atoms with Crippen molar-refractivity contribution < 1.29 is 9.90 Å². The number of carbonyl (C=O) groups is 1. The highest BCUT2D eigenvalue weighted by molar-refractivity contribution is 7.99. The van der Waals surface area contributed by atoms with Crippen LogP contribution in [0.1, 0.15) is 17.5 Å². The third kappa shape index (κ3) is 4.92. The highest BCUT2D eigenvalue weighted by Gasteiger charge is 2.19. The van der Waals surface area contributed by atoms with Gasteiger partial charge in [0.2, 0.25) is 5.91 Å². The summed E-state index contributed by atoms with van der Waals surface area (Å²) in [6.45, 7) is 0.135. The zero-order valence-electron chi connectivity index (χ0n) is 11.7. The molecule has 1 aromatic carbocycles. The molecular weight excluding hydrogens is 284 g/mol. The van der Waals surface area contributed by atoms with E-state index < -0.39 is 0 Å². The fourth-order valence-corrected chi connectivity index (χ4v) is 3.00. The number of nitrogens with zero attached hydrogens (tertiary/aromatic N) is 1. The molecule has 0 bridgehead atoms. The number of aliphatic hydroxyl groups excluding tert-OH is 1. The number of nitriles is 1. The van der Waals surface area contributed by atoms with E-state index in [1.807, 2.05) is 24.3 Å². The van der Waals surface area contributed by atoms with Crippen LogP contribution in [0, 0.1) is 17.2 Å². The van der Waals surface area contributed by atoms with E-state index in [1.54, 1.807) is 23.9 Å². The van der Waals surface area contributed by atoms with Crippen LogP contribution in [-0.2, 0) is 10.5 Å². The van der Waals surface area contributed by atoms with Crippen LogP contribution >= 0.6 is 11.8 Å². The fourth-order valence-electron chi connectivity index (χ4n) is 2.20. The Bertz CT molecular complexity index is 548. The average Bonchev–Trinajstić information content (AvgIpc) is 2.95. The minimum atomic E-state index is 0.0156. The van der Waals surface area contributed by atoms with E-state index in [9.17, 15) is 4.79 Å². The first-order valence-electron chi connectivity index (χ1n) is 6.86. The van der Waals surface area contributed by atoms with Gasteiger partial charge in [-0.25, -0.2) is 0 Å². The average molecular weight is 302 g/mol.